The molecule has 2 rings (SSSR count). The molecule has 0 radical (unpaired) electrons. The van der Waals surface area contributed by atoms with Crippen molar-refractivity contribution in [2.45, 2.75) is 13.8 Å². The van der Waals surface area contributed by atoms with Gasteiger partial charge in [-0.15, -0.1) is 0 Å². The van der Waals surface area contributed by atoms with Crippen molar-refractivity contribution in [3.05, 3.63) is 63.6 Å². The number of aryl methyl sites for hydroxylation is 2. The van der Waals surface area contributed by atoms with E-state index in [0.717, 1.165) is 15.7 Å². The van der Waals surface area contributed by atoms with E-state index in [0.29, 0.717) is 0 Å². The van der Waals surface area contributed by atoms with Crippen molar-refractivity contribution >= 4 is 33.7 Å². The van der Waals surface area contributed by atoms with Crippen molar-refractivity contribution in [1.82, 2.24) is 5.43 Å². The third-order valence-corrected chi connectivity index (χ3v) is 3.70. The normalized spacial score (nSPS) is 10.7. The Bertz CT molecular complexity index is 698. The second-order valence-electron chi connectivity index (χ2n) is 5.00. The maximum absolute atomic E-state index is 11.7. The number of hydrazone groups is 1. The molecule has 22 heavy (non-hydrogen) atoms. The number of amides is 1. The Kier molecular flexibility index (Phi) is 5.72. The number of halogens is 1. The molecule has 2 aromatic carbocycles. The first kappa shape index (κ1) is 16.2. The number of nitrogens with zero attached hydrogens (tertiary/aromatic N) is 1. The van der Waals surface area contributed by atoms with Crippen molar-refractivity contribution in [3.63, 3.8) is 0 Å². The van der Waals surface area contributed by atoms with Crippen molar-refractivity contribution in [2.24, 2.45) is 5.10 Å². The van der Waals surface area contributed by atoms with Gasteiger partial charge in [0.25, 0.3) is 5.91 Å². The Balaban J connectivity index is 1.81. The van der Waals surface area contributed by atoms with Gasteiger partial charge >= 0.3 is 0 Å². The zero-order valence-electron chi connectivity index (χ0n) is 12.6. The first-order chi connectivity index (χ1) is 10.5. The largest absolute Gasteiger partial charge is 0.376 e. The lowest BCUT2D eigenvalue weighted by Gasteiger charge is -2.07. The predicted molar refractivity (Wildman–Crippen MR) is 94.3 cm³/mol. The van der Waals surface area contributed by atoms with Crippen molar-refractivity contribution in [1.29, 1.82) is 0 Å². The third kappa shape index (κ3) is 5.00. The molecule has 2 N–H and O–H groups in total. The minimum absolute atomic E-state index is 0.179. The van der Waals surface area contributed by atoms with Gasteiger partial charge < -0.3 is 5.32 Å². The quantitative estimate of drug-likeness (QED) is 0.632. The lowest BCUT2D eigenvalue weighted by atomic mass is 10.1. The minimum Gasteiger partial charge on any atom is -0.376 e. The molecule has 0 aromatic heterocycles. The second kappa shape index (κ2) is 7.75. The van der Waals surface area contributed by atoms with Gasteiger partial charge in [0.2, 0.25) is 0 Å². The fourth-order valence-electron chi connectivity index (χ4n) is 1.84. The maximum atomic E-state index is 11.7. The Morgan fingerprint density at radius 3 is 2.73 bits per heavy atom. The summed E-state index contributed by atoms with van der Waals surface area (Å²) in [4.78, 5) is 11.7. The van der Waals surface area contributed by atoms with Crippen LogP contribution in [-0.4, -0.2) is 18.7 Å². The summed E-state index contributed by atoms with van der Waals surface area (Å²) in [5.41, 5.74) is 6.76. The summed E-state index contributed by atoms with van der Waals surface area (Å²) in [6.07, 6.45) is 1.61. The van der Waals surface area contributed by atoms with Crippen LogP contribution in [0.4, 0.5) is 5.69 Å². The van der Waals surface area contributed by atoms with Crippen LogP contribution in [0.3, 0.4) is 0 Å². The van der Waals surface area contributed by atoms with Crippen LogP contribution in [0.2, 0.25) is 0 Å². The molecule has 0 saturated heterocycles. The number of hydrogen-bond acceptors (Lipinski definition) is 3. The fraction of sp³-hybridized carbons (Fsp3) is 0.176. The van der Waals surface area contributed by atoms with Crippen LogP contribution in [0, 0.1) is 13.8 Å². The van der Waals surface area contributed by atoms with E-state index in [1.807, 2.05) is 49.4 Å². The van der Waals surface area contributed by atoms with Crippen molar-refractivity contribution in [2.75, 3.05) is 11.9 Å². The van der Waals surface area contributed by atoms with Gasteiger partial charge in [0, 0.05) is 10.2 Å². The Morgan fingerprint density at radius 2 is 2.00 bits per heavy atom. The Morgan fingerprint density at radius 1 is 1.18 bits per heavy atom. The van der Waals surface area contributed by atoms with E-state index in [4.69, 9.17) is 0 Å². The van der Waals surface area contributed by atoms with Crippen LogP contribution in [0.1, 0.15) is 16.7 Å². The van der Waals surface area contributed by atoms with E-state index in [1.165, 1.54) is 11.1 Å². The summed E-state index contributed by atoms with van der Waals surface area (Å²) >= 11 is 3.39. The summed E-state index contributed by atoms with van der Waals surface area (Å²) in [5, 5.41) is 7.02. The van der Waals surface area contributed by atoms with Crippen molar-refractivity contribution in [3.8, 4) is 0 Å². The monoisotopic (exact) mass is 359 g/mol. The van der Waals surface area contributed by atoms with Crippen LogP contribution in [-0.2, 0) is 4.79 Å². The highest BCUT2D eigenvalue weighted by Crippen LogP contribution is 2.13. The second-order valence-corrected chi connectivity index (χ2v) is 5.92. The van der Waals surface area contributed by atoms with Crippen molar-refractivity contribution < 1.29 is 4.79 Å². The van der Waals surface area contributed by atoms with Crippen LogP contribution in [0.25, 0.3) is 0 Å². The third-order valence-electron chi connectivity index (χ3n) is 3.21. The molecular weight excluding hydrogens is 342 g/mol. The van der Waals surface area contributed by atoms with Crippen LogP contribution >= 0.6 is 15.9 Å². The molecule has 0 spiro atoms. The molecule has 0 heterocycles. The maximum Gasteiger partial charge on any atom is 0.259 e. The number of carbonyl (C=O) groups is 1. The number of benzene rings is 2. The molecule has 0 unspecified atom stereocenters. The van der Waals surface area contributed by atoms with Gasteiger partial charge in [-0.25, -0.2) is 5.43 Å². The fourth-order valence-corrected chi connectivity index (χ4v) is 2.26. The zero-order valence-corrected chi connectivity index (χ0v) is 14.1. The first-order valence-corrected chi connectivity index (χ1v) is 7.72. The molecule has 114 valence electrons. The van der Waals surface area contributed by atoms with E-state index in [9.17, 15) is 4.79 Å². The average molecular weight is 360 g/mol. The van der Waals surface area contributed by atoms with Gasteiger partial charge in [-0.1, -0.05) is 34.1 Å². The summed E-state index contributed by atoms with van der Waals surface area (Å²) in [6, 6.07) is 13.7. The summed E-state index contributed by atoms with van der Waals surface area (Å²) in [6.45, 7) is 4.28. The van der Waals surface area contributed by atoms with Gasteiger partial charge in [-0.05, 0) is 54.8 Å². The Labute approximate surface area is 138 Å². The molecule has 0 atom stereocenters. The first-order valence-electron chi connectivity index (χ1n) is 6.93. The number of carbonyl (C=O) groups excluding carboxylic acids is 1. The molecular formula is C17H18BrN3O. The highest BCUT2D eigenvalue weighted by molar-refractivity contribution is 9.10. The summed E-state index contributed by atoms with van der Waals surface area (Å²) in [5.74, 6) is -0.190. The van der Waals surface area contributed by atoms with E-state index in [1.54, 1.807) is 6.21 Å². The van der Waals surface area contributed by atoms with E-state index in [-0.39, 0.29) is 12.5 Å². The van der Waals surface area contributed by atoms with Gasteiger partial charge in [-0.2, -0.15) is 5.10 Å². The molecule has 4 nitrogen and oxygen atoms in total. The highest BCUT2D eigenvalue weighted by atomic mass is 79.9. The van der Waals surface area contributed by atoms with E-state index in [2.05, 4.69) is 38.7 Å². The topological polar surface area (TPSA) is 53.5 Å². The molecule has 0 aliphatic rings. The van der Waals surface area contributed by atoms with Gasteiger partial charge in [-0.3, -0.25) is 4.79 Å². The molecule has 0 aliphatic heterocycles. The summed E-state index contributed by atoms with van der Waals surface area (Å²) in [7, 11) is 0. The lowest BCUT2D eigenvalue weighted by molar-refractivity contribution is -0.119. The number of hydrogen-bond donors (Lipinski definition) is 2. The Hall–Kier alpha value is -2.14. The summed E-state index contributed by atoms with van der Waals surface area (Å²) < 4.78 is 0.971. The molecule has 5 heteroatoms. The molecule has 0 bridgehead atoms. The minimum atomic E-state index is -0.190. The van der Waals surface area contributed by atoms with E-state index < -0.39 is 0 Å². The van der Waals surface area contributed by atoms with E-state index >= 15 is 0 Å². The standard InChI is InChI=1S/C17H18BrN3O/c1-12-6-7-16(8-13(12)2)19-11-17(22)21-20-10-14-4-3-5-15(18)9-14/h3-10,19H,11H2,1-2H3,(H,21,22)/b20-10+. The highest BCUT2D eigenvalue weighted by Gasteiger charge is 2.00. The molecule has 2 aromatic rings. The predicted octanol–water partition coefficient (Wildman–Crippen LogP) is 3.63. The van der Waals surface area contributed by atoms with Gasteiger partial charge in [0.1, 0.15) is 0 Å². The number of anilines is 1. The molecule has 1 amide bonds. The zero-order chi connectivity index (χ0) is 15.9. The van der Waals surface area contributed by atoms with Crippen LogP contribution < -0.4 is 10.7 Å². The number of nitrogens with one attached hydrogen (secondary N) is 2. The van der Waals surface area contributed by atoms with Gasteiger partial charge in [0.15, 0.2) is 0 Å². The average Bonchev–Trinajstić information content (AvgIpc) is 2.48. The molecule has 0 saturated carbocycles. The smallest absolute Gasteiger partial charge is 0.259 e. The van der Waals surface area contributed by atoms with Crippen LogP contribution in [0.15, 0.2) is 52.0 Å². The molecule has 0 fully saturated rings. The lowest BCUT2D eigenvalue weighted by Crippen LogP contribution is -2.25. The molecule has 0 aliphatic carbocycles. The SMILES string of the molecule is Cc1ccc(NCC(=O)N/N=C/c2cccc(Br)c2)cc1C. The van der Waals surface area contributed by atoms with Gasteiger partial charge in [0.05, 0.1) is 12.8 Å². The number of rotatable bonds is 5. The van der Waals surface area contributed by atoms with Crippen LogP contribution in [0.5, 0.6) is 0 Å².